The van der Waals surface area contributed by atoms with E-state index in [4.69, 9.17) is 17.3 Å². The molecule has 2 aromatic rings. The highest BCUT2D eigenvalue weighted by atomic mass is 35.5. The van der Waals surface area contributed by atoms with Gasteiger partial charge in [-0.1, -0.05) is 46.0 Å². The maximum absolute atomic E-state index is 12.8. The first-order valence-electron chi connectivity index (χ1n) is 9.34. The van der Waals surface area contributed by atoms with Crippen molar-refractivity contribution in [3.63, 3.8) is 0 Å². The van der Waals surface area contributed by atoms with Crippen LogP contribution in [0.1, 0.15) is 29.6 Å². The molecule has 3 unspecified atom stereocenters. The number of aliphatic hydroxyl groups is 1. The average Bonchev–Trinajstić information content (AvgIpc) is 3.38. The zero-order valence-electron chi connectivity index (χ0n) is 16.6. The van der Waals surface area contributed by atoms with Gasteiger partial charge in [0, 0.05) is 4.91 Å². The number of alkyl halides is 3. The smallest absolute Gasteiger partial charge is 0.390 e. The zero-order chi connectivity index (χ0) is 24.8. The number of nitrogens with one attached hydrogen (secondary N) is 1. The minimum Gasteiger partial charge on any atom is -0.390 e. The molecule has 182 valence electrons. The molecule has 34 heavy (non-hydrogen) atoms. The molecule has 4 heterocycles. The van der Waals surface area contributed by atoms with E-state index in [1.54, 1.807) is 0 Å². The molecule has 0 bridgehead atoms. The van der Waals surface area contributed by atoms with E-state index >= 15 is 0 Å². The number of nitrogens with two attached hydrogens (primary N) is 1. The van der Waals surface area contributed by atoms with Gasteiger partial charge < -0.3 is 21.1 Å². The van der Waals surface area contributed by atoms with E-state index in [0.29, 0.717) is 29.1 Å². The summed E-state index contributed by atoms with van der Waals surface area (Å²) in [6.45, 7) is -0.553. The number of aliphatic hydroxyl groups excluding tert-OH is 1. The number of hydrogen-bond acceptors (Lipinski definition) is 12. The summed E-state index contributed by atoms with van der Waals surface area (Å²) in [4.78, 5) is 42.2. The largest absolute Gasteiger partial charge is 0.445 e. The maximum Gasteiger partial charge on any atom is 0.445 e. The van der Waals surface area contributed by atoms with Crippen LogP contribution in [-0.4, -0.2) is 55.7 Å². The van der Waals surface area contributed by atoms with Crippen LogP contribution in [0.3, 0.4) is 0 Å². The van der Waals surface area contributed by atoms with Crippen LogP contribution in [0, 0.1) is 4.91 Å². The molecule has 0 spiro atoms. The number of β-lactam (4-membered cyclic amide) rings is 1. The van der Waals surface area contributed by atoms with Crippen LogP contribution in [0.5, 0.6) is 0 Å². The van der Waals surface area contributed by atoms with Crippen LogP contribution in [0.4, 0.5) is 18.3 Å². The summed E-state index contributed by atoms with van der Waals surface area (Å²) in [6, 6.07) is -3.12. The number of nitrogens with zero attached hydrogens (tertiary/aromatic N) is 5. The van der Waals surface area contributed by atoms with Crippen LogP contribution in [0.25, 0.3) is 0 Å². The SMILES string of the molecule is Nc1nc(C(N=O)C(=O)NC2C(=O)N3C(CO)=C(Sc4nnc(C(F)(F)F)s4)CCC23)c(Cl)s1. The molecule has 2 aliphatic rings. The van der Waals surface area contributed by atoms with Crippen LogP contribution in [0.2, 0.25) is 4.34 Å². The van der Waals surface area contributed by atoms with Crippen LogP contribution in [-0.2, 0) is 15.8 Å². The van der Waals surface area contributed by atoms with Crippen molar-refractivity contribution in [2.24, 2.45) is 5.18 Å². The number of carbonyl (C=O) groups excluding carboxylic acids is 2. The number of halogens is 4. The van der Waals surface area contributed by atoms with E-state index in [1.807, 2.05) is 0 Å². The minimum atomic E-state index is -4.62. The summed E-state index contributed by atoms with van der Waals surface area (Å²) < 4.78 is 38.4. The number of rotatable bonds is 7. The highest BCUT2D eigenvalue weighted by Gasteiger charge is 2.52. The number of aromatic nitrogens is 3. The lowest BCUT2D eigenvalue weighted by Crippen LogP contribution is -2.71. The summed E-state index contributed by atoms with van der Waals surface area (Å²) in [7, 11) is 0. The van der Waals surface area contributed by atoms with Gasteiger partial charge in [-0.15, -0.1) is 15.1 Å². The van der Waals surface area contributed by atoms with Gasteiger partial charge in [-0.05, 0) is 18.0 Å². The lowest BCUT2D eigenvalue weighted by molar-refractivity contribution is -0.152. The third kappa shape index (κ3) is 4.49. The van der Waals surface area contributed by atoms with Crippen molar-refractivity contribution in [3.05, 3.63) is 30.5 Å². The van der Waals surface area contributed by atoms with Crippen molar-refractivity contribution in [3.8, 4) is 0 Å². The normalized spacial score (nSPS) is 21.2. The van der Waals surface area contributed by atoms with Crippen molar-refractivity contribution < 1.29 is 27.9 Å². The number of allylic oxidation sites excluding steroid dienone is 1. The molecule has 18 heteroatoms. The van der Waals surface area contributed by atoms with Crippen molar-refractivity contribution in [1.29, 1.82) is 0 Å². The van der Waals surface area contributed by atoms with Crippen LogP contribution >= 0.6 is 46.0 Å². The molecule has 2 amide bonds. The fourth-order valence-corrected chi connectivity index (χ4v) is 6.50. The van der Waals surface area contributed by atoms with E-state index in [-0.39, 0.29) is 25.2 Å². The monoisotopic (exact) mass is 555 g/mol. The predicted molar refractivity (Wildman–Crippen MR) is 117 cm³/mol. The van der Waals surface area contributed by atoms with Crippen molar-refractivity contribution in [1.82, 2.24) is 25.4 Å². The predicted octanol–water partition coefficient (Wildman–Crippen LogP) is 2.54. The fraction of sp³-hybridized carbons (Fsp3) is 0.438. The number of fused-ring (bicyclic) bond motifs is 1. The van der Waals surface area contributed by atoms with Gasteiger partial charge in [-0.25, -0.2) is 4.98 Å². The highest BCUT2D eigenvalue weighted by molar-refractivity contribution is 8.04. The van der Waals surface area contributed by atoms with Gasteiger partial charge in [0.25, 0.3) is 11.8 Å². The first kappa shape index (κ1) is 24.8. The molecule has 2 aliphatic heterocycles. The molecule has 1 fully saturated rings. The first-order valence-corrected chi connectivity index (χ1v) is 12.2. The Hall–Kier alpha value is -2.34. The summed E-state index contributed by atoms with van der Waals surface area (Å²) in [5.74, 6) is -1.44. The Bertz CT molecular complexity index is 1190. The van der Waals surface area contributed by atoms with Crippen molar-refractivity contribution >= 4 is 63.0 Å². The molecular weight excluding hydrogens is 543 g/mol. The molecule has 0 aliphatic carbocycles. The second-order valence-electron chi connectivity index (χ2n) is 7.02. The number of nitrogen functional groups attached to an aromatic ring is 1. The lowest BCUT2D eigenvalue weighted by atomic mass is 9.86. The summed E-state index contributed by atoms with van der Waals surface area (Å²) >= 11 is 8.06. The third-order valence-corrected chi connectivity index (χ3v) is 8.36. The molecule has 4 N–H and O–H groups in total. The first-order chi connectivity index (χ1) is 16.0. The molecule has 4 rings (SSSR count). The number of thioether (sulfide) groups is 1. The van der Waals surface area contributed by atoms with Crippen LogP contribution < -0.4 is 11.1 Å². The van der Waals surface area contributed by atoms with Gasteiger partial charge in [-0.2, -0.15) is 13.2 Å². The lowest BCUT2D eigenvalue weighted by Gasteiger charge is -2.51. The standard InChI is InChI=1S/C16H13ClF3N7O4S3/c17-10-8(23-14(21)33-10)9(26-31)11(29)22-7-4-1-2-6(5(3-28)27(4)12(7)30)32-15-25-24-13(34-15)16(18,19)20/h4,7,9,28H,1-3H2,(H2,21,23)(H,22,29). The molecule has 1 saturated heterocycles. The number of anilines is 1. The maximum atomic E-state index is 12.8. The third-order valence-electron chi connectivity index (χ3n) is 5.05. The molecule has 2 aromatic heterocycles. The van der Waals surface area contributed by atoms with E-state index < -0.39 is 47.7 Å². The Balaban J connectivity index is 1.48. The Kier molecular flexibility index (Phi) is 6.83. The molecule has 0 aromatic carbocycles. The van der Waals surface area contributed by atoms with Gasteiger partial charge in [-0.3, -0.25) is 9.59 Å². The zero-order valence-corrected chi connectivity index (χ0v) is 19.8. The second kappa shape index (κ2) is 9.37. The topological polar surface area (TPSA) is 164 Å². The Morgan fingerprint density at radius 1 is 1.41 bits per heavy atom. The number of carbonyl (C=O) groups is 2. The molecule has 0 radical (unpaired) electrons. The van der Waals surface area contributed by atoms with Gasteiger partial charge >= 0.3 is 6.18 Å². The van der Waals surface area contributed by atoms with E-state index in [0.717, 1.165) is 23.1 Å². The Morgan fingerprint density at radius 3 is 2.71 bits per heavy atom. The van der Waals surface area contributed by atoms with E-state index in [2.05, 4.69) is 25.7 Å². The van der Waals surface area contributed by atoms with Gasteiger partial charge in [0.15, 0.2) is 9.47 Å². The van der Waals surface area contributed by atoms with Crippen LogP contribution in [0.15, 0.2) is 20.1 Å². The molecular formula is C16H13ClF3N7O4S3. The molecule has 11 nitrogen and oxygen atoms in total. The van der Waals surface area contributed by atoms with Gasteiger partial charge in [0.1, 0.15) is 16.1 Å². The van der Waals surface area contributed by atoms with Crippen molar-refractivity contribution in [2.75, 3.05) is 12.3 Å². The fourth-order valence-electron chi connectivity index (χ4n) is 3.59. The molecule has 3 atom stereocenters. The second-order valence-corrected chi connectivity index (χ2v) is 11.0. The number of nitroso groups, excluding NO2 is 1. The Morgan fingerprint density at radius 2 is 2.15 bits per heavy atom. The summed E-state index contributed by atoms with van der Waals surface area (Å²) in [5.41, 5.74) is 5.63. The summed E-state index contributed by atoms with van der Waals surface area (Å²) in [6.07, 6.45) is -3.97. The Labute approximate surface area is 205 Å². The summed E-state index contributed by atoms with van der Waals surface area (Å²) in [5, 5.41) is 20.6. The number of amides is 2. The van der Waals surface area contributed by atoms with Gasteiger partial charge in [0.05, 0.1) is 18.3 Å². The molecule has 0 saturated carbocycles. The average molecular weight is 556 g/mol. The minimum absolute atomic E-state index is 0.0175. The van der Waals surface area contributed by atoms with E-state index in [1.165, 1.54) is 4.90 Å². The van der Waals surface area contributed by atoms with Crippen molar-refractivity contribution in [2.45, 2.75) is 41.5 Å². The van der Waals surface area contributed by atoms with Gasteiger partial charge in [0.2, 0.25) is 11.0 Å². The quantitative estimate of drug-likeness (QED) is 0.344. The van der Waals surface area contributed by atoms with E-state index in [9.17, 15) is 32.8 Å². The number of thiazole rings is 1. The highest BCUT2D eigenvalue weighted by Crippen LogP contribution is 2.45. The number of hydrogen-bond donors (Lipinski definition) is 3.